The van der Waals surface area contributed by atoms with Crippen LogP contribution in [0.1, 0.15) is 29.5 Å². The summed E-state index contributed by atoms with van der Waals surface area (Å²) in [5.74, 6) is 0. The highest BCUT2D eigenvalue weighted by atomic mass is 16.3. The second-order valence-corrected chi connectivity index (χ2v) is 5.10. The summed E-state index contributed by atoms with van der Waals surface area (Å²) < 4.78 is 0. The highest BCUT2D eigenvalue weighted by molar-refractivity contribution is 5.81. The van der Waals surface area contributed by atoms with Crippen LogP contribution in [0.2, 0.25) is 0 Å². The lowest BCUT2D eigenvalue weighted by Gasteiger charge is -2.31. The van der Waals surface area contributed by atoms with Crippen molar-refractivity contribution in [1.29, 1.82) is 0 Å². The summed E-state index contributed by atoms with van der Waals surface area (Å²) in [4.78, 5) is 0. The molecular formula is C16H14O. The van der Waals surface area contributed by atoms with Gasteiger partial charge in [0.05, 0.1) is 0 Å². The average Bonchev–Trinajstić information content (AvgIpc) is 2.63. The topological polar surface area (TPSA) is 20.2 Å². The highest BCUT2D eigenvalue weighted by Crippen LogP contribution is 2.53. The van der Waals surface area contributed by atoms with E-state index in [0.717, 1.165) is 24.8 Å². The largest absolute Gasteiger partial charge is 0.380 e. The fourth-order valence-electron chi connectivity index (χ4n) is 3.53. The summed E-state index contributed by atoms with van der Waals surface area (Å²) in [5, 5.41) is 11.0. The van der Waals surface area contributed by atoms with Gasteiger partial charge in [-0.2, -0.15) is 0 Å². The van der Waals surface area contributed by atoms with E-state index in [1.54, 1.807) is 0 Å². The van der Waals surface area contributed by atoms with Gasteiger partial charge in [-0.05, 0) is 47.1 Å². The Labute approximate surface area is 101 Å². The maximum absolute atomic E-state index is 11.0. The van der Waals surface area contributed by atoms with E-state index in [9.17, 15) is 5.11 Å². The van der Waals surface area contributed by atoms with Crippen molar-refractivity contribution >= 4 is 0 Å². The molecule has 1 N–H and O–H groups in total. The summed E-state index contributed by atoms with van der Waals surface area (Å²) in [7, 11) is 0. The van der Waals surface area contributed by atoms with E-state index in [1.165, 1.54) is 22.3 Å². The SMILES string of the molecule is O[C@@]12CCCc3cccc(c31)-c1ccccc12. The molecule has 2 aliphatic rings. The fraction of sp³-hybridized carbons (Fsp3) is 0.250. The van der Waals surface area contributed by atoms with Crippen LogP contribution in [0.3, 0.4) is 0 Å². The number of hydrogen-bond acceptors (Lipinski definition) is 1. The molecule has 0 spiro atoms. The Morgan fingerprint density at radius 2 is 1.76 bits per heavy atom. The maximum atomic E-state index is 11.0. The van der Waals surface area contributed by atoms with E-state index in [1.807, 2.05) is 6.07 Å². The van der Waals surface area contributed by atoms with Crippen LogP contribution in [0, 0.1) is 0 Å². The van der Waals surface area contributed by atoms with Gasteiger partial charge in [0.15, 0.2) is 0 Å². The van der Waals surface area contributed by atoms with Crippen LogP contribution >= 0.6 is 0 Å². The van der Waals surface area contributed by atoms with Crippen LogP contribution < -0.4 is 0 Å². The van der Waals surface area contributed by atoms with Crippen LogP contribution in [0.4, 0.5) is 0 Å². The number of hydrogen-bond donors (Lipinski definition) is 1. The minimum atomic E-state index is -0.721. The lowest BCUT2D eigenvalue weighted by molar-refractivity contribution is 0.0665. The molecule has 0 aliphatic heterocycles. The third-order valence-electron chi connectivity index (χ3n) is 4.21. The Kier molecular flexibility index (Phi) is 1.66. The van der Waals surface area contributed by atoms with Gasteiger partial charge in [0.25, 0.3) is 0 Å². The number of rotatable bonds is 0. The van der Waals surface area contributed by atoms with Gasteiger partial charge in [-0.25, -0.2) is 0 Å². The molecule has 4 rings (SSSR count). The summed E-state index contributed by atoms with van der Waals surface area (Å²) in [6, 6.07) is 14.7. The monoisotopic (exact) mass is 222 g/mol. The van der Waals surface area contributed by atoms with Gasteiger partial charge >= 0.3 is 0 Å². The van der Waals surface area contributed by atoms with Crippen LogP contribution in [0.5, 0.6) is 0 Å². The third kappa shape index (κ3) is 1.03. The van der Waals surface area contributed by atoms with Crippen molar-refractivity contribution in [3.05, 3.63) is 59.2 Å². The maximum Gasteiger partial charge on any atom is 0.116 e. The predicted molar refractivity (Wildman–Crippen MR) is 67.8 cm³/mol. The summed E-state index contributed by atoms with van der Waals surface area (Å²) in [5.41, 5.74) is 5.33. The van der Waals surface area contributed by atoms with Gasteiger partial charge in [0.1, 0.15) is 5.60 Å². The van der Waals surface area contributed by atoms with Crippen LogP contribution in [-0.2, 0) is 12.0 Å². The van der Waals surface area contributed by atoms with E-state index >= 15 is 0 Å². The minimum Gasteiger partial charge on any atom is -0.380 e. The van der Waals surface area contributed by atoms with Gasteiger partial charge in [-0.1, -0.05) is 42.5 Å². The molecular weight excluding hydrogens is 208 g/mol. The van der Waals surface area contributed by atoms with Crippen LogP contribution in [0.15, 0.2) is 42.5 Å². The molecule has 1 atom stereocenters. The van der Waals surface area contributed by atoms with Gasteiger partial charge in [0, 0.05) is 0 Å². The van der Waals surface area contributed by atoms with E-state index in [0.29, 0.717) is 0 Å². The Bertz CT molecular complexity index is 615. The van der Waals surface area contributed by atoms with Crippen molar-refractivity contribution < 1.29 is 5.11 Å². The Hall–Kier alpha value is -1.60. The molecule has 0 fully saturated rings. The Morgan fingerprint density at radius 3 is 2.71 bits per heavy atom. The van der Waals surface area contributed by atoms with E-state index in [-0.39, 0.29) is 0 Å². The molecule has 0 saturated carbocycles. The molecule has 0 radical (unpaired) electrons. The smallest absolute Gasteiger partial charge is 0.116 e. The molecule has 17 heavy (non-hydrogen) atoms. The number of aryl methyl sites for hydroxylation is 1. The molecule has 2 aromatic carbocycles. The first-order chi connectivity index (χ1) is 8.31. The summed E-state index contributed by atoms with van der Waals surface area (Å²) in [6.45, 7) is 0. The molecule has 0 saturated heterocycles. The first-order valence-electron chi connectivity index (χ1n) is 6.25. The van der Waals surface area contributed by atoms with Crippen molar-refractivity contribution in [1.82, 2.24) is 0 Å². The lowest BCUT2D eigenvalue weighted by Crippen LogP contribution is -2.29. The minimum absolute atomic E-state index is 0.721. The Balaban J connectivity index is 2.16. The molecule has 2 aromatic rings. The van der Waals surface area contributed by atoms with Crippen molar-refractivity contribution in [3.63, 3.8) is 0 Å². The molecule has 0 amide bonds. The summed E-state index contributed by atoms with van der Waals surface area (Å²) >= 11 is 0. The molecule has 0 bridgehead atoms. The van der Waals surface area contributed by atoms with E-state index in [2.05, 4.69) is 36.4 Å². The Morgan fingerprint density at radius 1 is 0.941 bits per heavy atom. The number of benzene rings is 2. The first kappa shape index (κ1) is 9.43. The highest BCUT2D eigenvalue weighted by Gasteiger charge is 2.44. The molecule has 84 valence electrons. The standard InChI is InChI=1S/C16H14O/c17-16-10-4-6-11-5-3-8-13(15(11)16)12-7-1-2-9-14(12)16/h1-3,5,7-9,17H,4,6,10H2/t16-/m1/s1. The third-order valence-corrected chi connectivity index (χ3v) is 4.21. The zero-order chi connectivity index (χ0) is 11.5. The second-order valence-electron chi connectivity index (χ2n) is 5.10. The molecule has 0 unspecified atom stereocenters. The zero-order valence-corrected chi connectivity index (χ0v) is 9.61. The number of fused-ring (bicyclic) bond motifs is 3. The van der Waals surface area contributed by atoms with E-state index in [4.69, 9.17) is 0 Å². The van der Waals surface area contributed by atoms with Gasteiger partial charge in [-0.3, -0.25) is 0 Å². The van der Waals surface area contributed by atoms with Crippen molar-refractivity contribution in [3.8, 4) is 11.1 Å². The zero-order valence-electron chi connectivity index (χ0n) is 9.61. The molecule has 1 nitrogen and oxygen atoms in total. The van der Waals surface area contributed by atoms with Gasteiger partial charge < -0.3 is 5.11 Å². The lowest BCUT2D eigenvalue weighted by atomic mass is 9.78. The van der Waals surface area contributed by atoms with E-state index < -0.39 is 5.60 Å². The number of aliphatic hydroxyl groups is 1. The molecule has 0 heterocycles. The first-order valence-corrected chi connectivity index (χ1v) is 6.25. The van der Waals surface area contributed by atoms with Crippen molar-refractivity contribution in [2.75, 3.05) is 0 Å². The average molecular weight is 222 g/mol. The second kappa shape index (κ2) is 2.99. The van der Waals surface area contributed by atoms with Crippen molar-refractivity contribution in [2.45, 2.75) is 24.9 Å². The van der Waals surface area contributed by atoms with Crippen molar-refractivity contribution in [2.24, 2.45) is 0 Å². The summed E-state index contributed by atoms with van der Waals surface area (Å²) in [6.07, 6.45) is 3.02. The predicted octanol–water partition coefficient (Wildman–Crippen LogP) is 3.24. The van der Waals surface area contributed by atoms with Gasteiger partial charge in [-0.15, -0.1) is 0 Å². The molecule has 0 aromatic heterocycles. The molecule has 2 aliphatic carbocycles. The van der Waals surface area contributed by atoms with Crippen LogP contribution in [0.25, 0.3) is 11.1 Å². The quantitative estimate of drug-likeness (QED) is 0.725. The fourth-order valence-corrected chi connectivity index (χ4v) is 3.53. The normalized spacial score (nSPS) is 24.3. The van der Waals surface area contributed by atoms with Gasteiger partial charge in [0.2, 0.25) is 0 Å². The molecule has 1 heteroatoms. The van der Waals surface area contributed by atoms with Crippen LogP contribution in [-0.4, -0.2) is 5.11 Å².